The molecule has 118 valence electrons. The lowest BCUT2D eigenvalue weighted by Gasteiger charge is -2.28. The summed E-state index contributed by atoms with van der Waals surface area (Å²) in [5.41, 5.74) is 1.24. The number of nitrogens with one attached hydrogen (secondary N) is 2. The standard InChI is InChI=1S/C15H19N3O3S/c1-22(20,21)12-6-3-5-11(8-12)17-15(19)13-7-2-4-10-9-16-18-14(10)13/h2,4,7,9,11-12H,3,5-6,8H2,1H3,(H,16,18)(H,17,19)/t11-,12-/m1/s1. The topological polar surface area (TPSA) is 91.9 Å². The van der Waals surface area contributed by atoms with Crippen LogP contribution in [0.5, 0.6) is 0 Å². The Hall–Kier alpha value is -1.89. The first-order valence-electron chi connectivity index (χ1n) is 7.37. The zero-order valence-electron chi connectivity index (χ0n) is 12.4. The molecule has 6 nitrogen and oxygen atoms in total. The van der Waals surface area contributed by atoms with E-state index in [9.17, 15) is 13.2 Å². The SMILES string of the molecule is CS(=O)(=O)[C@@H]1CCC[C@@H](NC(=O)c2cccc3cn[nH]c23)C1. The van der Waals surface area contributed by atoms with Gasteiger partial charge in [0.15, 0.2) is 0 Å². The Morgan fingerprint density at radius 1 is 1.36 bits per heavy atom. The van der Waals surface area contributed by atoms with Gasteiger partial charge in [0, 0.05) is 17.7 Å². The van der Waals surface area contributed by atoms with Gasteiger partial charge in [-0.1, -0.05) is 18.6 Å². The van der Waals surface area contributed by atoms with Crippen molar-refractivity contribution in [2.75, 3.05) is 6.26 Å². The van der Waals surface area contributed by atoms with E-state index in [-0.39, 0.29) is 17.2 Å². The molecule has 0 unspecified atom stereocenters. The predicted octanol–water partition coefficient (Wildman–Crippen LogP) is 1.65. The summed E-state index contributed by atoms with van der Waals surface area (Å²) in [7, 11) is -3.05. The van der Waals surface area contributed by atoms with Crippen LogP contribution in [0.25, 0.3) is 10.9 Å². The summed E-state index contributed by atoms with van der Waals surface area (Å²) in [6.45, 7) is 0. The summed E-state index contributed by atoms with van der Waals surface area (Å²) in [5.74, 6) is -0.186. The number of sulfone groups is 1. The molecule has 1 aromatic heterocycles. The van der Waals surface area contributed by atoms with Gasteiger partial charge in [0.25, 0.3) is 5.91 Å². The van der Waals surface area contributed by atoms with Crippen LogP contribution in [0.3, 0.4) is 0 Å². The minimum atomic E-state index is -3.05. The van der Waals surface area contributed by atoms with Crippen LogP contribution in [-0.2, 0) is 9.84 Å². The van der Waals surface area contributed by atoms with E-state index in [4.69, 9.17) is 0 Å². The largest absolute Gasteiger partial charge is 0.349 e. The first-order valence-corrected chi connectivity index (χ1v) is 9.32. The molecule has 0 spiro atoms. The number of carbonyl (C=O) groups excluding carboxylic acids is 1. The Kier molecular flexibility index (Phi) is 3.90. The normalized spacial score (nSPS) is 22.6. The monoisotopic (exact) mass is 321 g/mol. The van der Waals surface area contributed by atoms with Crippen molar-refractivity contribution in [2.24, 2.45) is 0 Å². The van der Waals surface area contributed by atoms with E-state index in [0.717, 1.165) is 18.2 Å². The van der Waals surface area contributed by atoms with Crippen LogP contribution in [-0.4, -0.2) is 42.1 Å². The van der Waals surface area contributed by atoms with Gasteiger partial charge in [-0.15, -0.1) is 0 Å². The third kappa shape index (κ3) is 2.99. The third-order valence-electron chi connectivity index (χ3n) is 4.29. The fourth-order valence-corrected chi connectivity index (χ4v) is 4.26. The molecule has 22 heavy (non-hydrogen) atoms. The van der Waals surface area contributed by atoms with E-state index >= 15 is 0 Å². The number of amides is 1. The van der Waals surface area contributed by atoms with Crippen molar-refractivity contribution in [2.45, 2.75) is 37.0 Å². The smallest absolute Gasteiger partial charge is 0.253 e. The number of fused-ring (bicyclic) bond motifs is 1. The molecule has 1 amide bonds. The number of rotatable bonds is 3. The number of benzene rings is 1. The zero-order valence-corrected chi connectivity index (χ0v) is 13.2. The quantitative estimate of drug-likeness (QED) is 0.899. The van der Waals surface area contributed by atoms with Gasteiger partial charge in [0.2, 0.25) is 0 Å². The van der Waals surface area contributed by atoms with Crippen LogP contribution in [0.4, 0.5) is 0 Å². The molecule has 0 saturated heterocycles. The number of para-hydroxylation sites is 1. The number of hydrogen-bond donors (Lipinski definition) is 2. The average Bonchev–Trinajstić information content (AvgIpc) is 2.94. The third-order valence-corrected chi connectivity index (χ3v) is 5.93. The fourth-order valence-electron chi connectivity index (χ4n) is 3.09. The molecule has 1 heterocycles. The lowest BCUT2D eigenvalue weighted by Crippen LogP contribution is -2.41. The van der Waals surface area contributed by atoms with Crippen LogP contribution in [0.2, 0.25) is 0 Å². The highest BCUT2D eigenvalue weighted by Crippen LogP contribution is 2.24. The fraction of sp³-hybridized carbons (Fsp3) is 0.467. The molecule has 2 atom stereocenters. The highest BCUT2D eigenvalue weighted by molar-refractivity contribution is 7.91. The molecule has 1 aliphatic carbocycles. The highest BCUT2D eigenvalue weighted by atomic mass is 32.2. The molecule has 2 aromatic rings. The average molecular weight is 321 g/mol. The molecule has 1 aliphatic rings. The van der Waals surface area contributed by atoms with Gasteiger partial charge >= 0.3 is 0 Å². The van der Waals surface area contributed by atoms with Crippen molar-refractivity contribution in [3.05, 3.63) is 30.0 Å². The summed E-state index contributed by atoms with van der Waals surface area (Å²) in [6, 6.07) is 5.34. The highest BCUT2D eigenvalue weighted by Gasteiger charge is 2.30. The Morgan fingerprint density at radius 3 is 2.95 bits per heavy atom. The number of hydrogen-bond acceptors (Lipinski definition) is 4. The molecular formula is C15H19N3O3S. The number of aromatic amines is 1. The Bertz CT molecular complexity index is 797. The predicted molar refractivity (Wildman–Crippen MR) is 84.4 cm³/mol. The van der Waals surface area contributed by atoms with Gasteiger partial charge in [0.05, 0.1) is 22.5 Å². The zero-order chi connectivity index (χ0) is 15.7. The molecule has 7 heteroatoms. The first kappa shape index (κ1) is 15.0. The summed E-state index contributed by atoms with van der Waals surface area (Å²) >= 11 is 0. The second-order valence-corrected chi connectivity index (χ2v) is 8.25. The van der Waals surface area contributed by atoms with Crippen molar-refractivity contribution < 1.29 is 13.2 Å². The molecule has 1 fully saturated rings. The lowest BCUT2D eigenvalue weighted by atomic mass is 9.94. The maximum Gasteiger partial charge on any atom is 0.253 e. The molecule has 3 rings (SSSR count). The summed E-state index contributed by atoms with van der Waals surface area (Å²) in [6.07, 6.45) is 5.75. The van der Waals surface area contributed by atoms with Gasteiger partial charge in [-0.05, 0) is 25.3 Å². The second-order valence-electron chi connectivity index (χ2n) is 5.93. The lowest BCUT2D eigenvalue weighted by molar-refractivity contribution is 0.0929. The van der Waals surface area contributed by atoms with Crippen molar-refractivity contribution in [1.29, 1.82) is 0 Å². The van der Waals surface area contributed by atoms with Crippen LogP contribution < -0.4 is 5.32 Å². The van der Waals surface area contributed by atoms with E-state index in [1.54, 1.807) is 12.3 Å². The minimum Gasteiger partial charge on any atom is -0.349 e. The van der Waals surface area contributed by atoms with Gasteiger partial charge < -0.3 is 5.32 Å². The number of nitrogens with zero attached hydrogens (tertiary/aromatic N) is 1. The molecule has 1 aromatic carbocycles. The summed E-state index contributed by atoms with van der Waals surface area (Å²) < 4.78 is 23.4. The van der Waals surface area contributed by atoms with Gasteiger partial charge in [-0.3, -0.25) is 9.89 Å². The Balaban J connectivity index is 1.75. The van der Waals surface area contributed by atoms with E-state index in [1.165, 1.54) is 6.26 Å². The van der Waals surface area contributed by atoms with E-state index in [1.807, 2.05) is 12.1 Å². The number of aromatic nitrogens is 2. The van der Waals surface area contributed by atoms with Crippen molar-refractivity contribution >= 4 is 26.6 Å². The van der Waals surface area contributed by atoms with E-state index in [0.29, 0.717) is 23.9 Å². The van der Waals surface area contributed by atoms with E-state index in [2.05, 4.69) is 15.5 Å². The van der Waals surface area contributed by atoms with E-state index < -0.39 is 9.84 Å². The molecular weight excluding hydrogens is 302 g/mol. The number of H-pyrrole nitrogens is 1. The van der Waals surface area contributed by atoms with Gasteiger partial charge in [0.1, 0.15) is 9.84 Å². The van der Waals surface area contributed by atoms with Crippen LogP contribution in [0, 0.1) is 0 Å². The second kappa shape index (κ2) is 5.72. The van der Waals surface area contributed by atoms with Crippen LogP contribution >= 0.6 is 0 Å². The van der Waals surface area contributed by atoms with Gasteiger partial charge in [-0.2, -0.15) is 5.10 Å². The van der Waals surface area contributed by atoms with Crippen molar-refractivity contribution in [3.63, 3.8) is 0 Å². The maximum atomic E-state index is 12.5. The first-order chi connectivity index (χ1) is 10.4. The maximum absolute atomic E-state index is 12.5. The van der Waals surface area contributed by atoms with Gasteiger partial charge in [-0.25, -0.2) is 8.42 Å². The van der Waals surface area contributed by atoms with Crippen LogP contribution in [0.15, 0.2) is 24.4 Å². The molecule has 1 saturated carbocycles. The number of carbonyl (C=O) groups is 1. The molecule has 0 radical (unpaired) electrons. The van der Waals surface area contributed by atoms with Crippen molar-refractivity contribution in [3.8, 4) is 0 Å². The minimum absolute atomic E-state index is 0.0980. The van der Waals surface area contributed by atoms with Crippen molar-refractivity contribution in [1.82, 2.24) is 15.5 Å². The Morgan fingerprint density at radius 2 is 2.18 bits per heavy atom. The molecule has 2 N–H and O–H groups in total. The molecule has 0 bridgehead atoms. The summed E-state index contributed by atoms with van der Waals surface area (Å²) in [5, 5.41) is 10.3. The summed E-state index contributed by atoms with van der Waals surface area (Å²) in [4.78, 5) is 12.5. The van der Waals surface area contributed by atoms with Crippen LogP contribution in [0.1, 0.15) is 36.0 Å². The Labute approximate surface area is 129 Å². The molecule has 0 aliphatic heterocycles.